The van der Waals surface area contributed by atoms with Gasteiger partial charge in [-0.2, -0.15) is 0 Å². The second kappa shape index (κ2) is 19.5. The number of amides is 2. The number of ether oxygens (including phenoxy) is 2. The van der Waals surface area contributed by atoms with Crippen molar-refractivity contribution >= 4 is 43.2 Å². The number of carbonyl (C=O) groups excluding carboxylic acids is 2. The van der Waals surface area contributed by atoms with Crippen molar-refractivity contribution in [1.82, 2.24) is 9.44 Å². The Morgan fingerprint density at radius 2 is 0.930 bits per heavy atom. The molecule has 0 aliphatic heterocycles. The van der Waals surface area contributed by atoms with E-state index in [0.29, 0.717) is 23.6 Å². The maximum atomic E-state index is 14.2. The first-order chi connectivity index (χ1) is 27.0. The average Bonchev–Trinajstić information content (AvgIpc) is 3.13. The molecule has 0 spiro atoms. The monoisotopic (exact) mass is 832 g/mol. The molecule has 0 radical (unpaired) electrons. The highest BCUT2D eigenvalue weighted by Crippen LogP contribution is 2.24. The lowest BCUT2D eigenvalue weighted by Crippen LogP contribution is -2.53. The Morgan fingerprint density at radius 3 is 1.21 bits per heavy atom. The van der Waals surface area contributed by atoms with Crippen molar-refractivity contribution in [2.24, 2.45) is 0 Å². The maximum absolute atomic E-state index is 14.2. The van der Waals surface area contributed by atoms with Gasteiger partial charge in [-0.15, -0.1) is 13.2 Å². The van der Waals surface area contributed by atoms with Crippen LogP contribution in [0.1, 0.15) is 11.1 Å². The summed E-state index contributed by atoms with van der Waals surface area (Å²) in [6, 6.07) is 13.1. The first-order valence-corrected chi connectivity index (χ1v) is 20.3. The average molecular weight is 833 g/mol. The number of methoxy groups -OCH3 is 2. The van der Waals surface area contributed by atoms with E-state index in [1.54, 1.807) is 0 Å². The number of carbonyl (C=O) groups is 2. The summed E-state index contributed by atoms with van der Waals surface area (Å²) in [5.41, 5.74) is 0.217. The van der Waals surface area contributed by atoms with Crippen LogP contribution in [0.2, 0.25) is 0 Å². The molecule has 304 valence electrons. The van der Waals surface area contributed by atoms with Gasteiger partial charge in [-0.3, -0.25) is 9.59 Å². The quantitative estimate of drug-likeness (QED) is 0.0932. The van der Waals surface area contributed by atoms with Crippen LogP contribution in [-0.4, -0.2) is 73.1 Å². The molecule has 4 rings (SSSR count). The first-order valence-electron chi connectivity index (χ1n) is 17.0. The number of nitrogens with one attached hydrogen (secondary N) is 2. The van der Waals surface area contributed by atoms with E-state index in [9.17, 15) is 44.0 Å². The molecule has 57 heavy (non-hydrogen) atoms. The molecule has 4 aromatic rings. The summed E-state index contributed by atoms with van der Waals surface area (Å²) in [5, 5.41) is -1.75. The zero-order valence-electron chi connectivity index (χ0n) is 30.8. The minimum Gasteiger partial charge on any atom is -0.497 e. The van der Waals surface area contributed by atoms with Crippen molar-refractivity contribution in [3.8, 4) is 11.5 Å². The number of sulfonamides is 2. The van der Waals surface area contributed by atoms with E-state index in [2.05, 4.69) is 22.6 Å². The zero-order valence-corrected chi connectivity index (χ0v) is 32.5. The van der Waals surface area contributed by atoms with Crippen LogP contribution in [0.25, 0.3) is 0 Å². The molecule has 0 aromatic heterocycles. The molecule has 0 aliphatic carbocycles. The number of nitrogens with zero attached hydrogens (tertiary/aromatic N) is 2. The zero-order chi connectivity index (χ0) is 41.9. The minimum atomic E-state index is -5.07. The van der Waals surface area contributed by atoms with Crippen molar-refractivity contribution in [2.45, 2.75) is 24.9 Å². The van der Waals surface area contributed by atoms with Crippen LogP contribution in [0.5, 0.6) is 11.5 Å². The second-order valence-electron chi connectivity index (χ2n) is 12.5. The lowest BCUT2D eigenvalue weighted by Gasteiger charge is -2.28. The van der Waals surface area contributed by atoms with Gasteiger partial charge in [-0.1, -0.05) is 12.2 Å². The number of rotatable bonds is 20. The molecule has 2 atom stereocenters. The van der Waals surface area contributed by atoms with E-state index in [1.165, 1.54) is 74.9 Å². The summed E-state index contributed by atoms with van der Waals surface area (Å²) in [6.45, 7) is 6.94. The Labute approximate surface area is 328 Å². The predicted octanol–water partition coefficient (Wildman–Crippen LogP) is 5.02. The molecular formula is C39H40F4N4O8S2. The van der Waals surface area contributed by atoms with Gasteiger partial charge in [-0.25, -0.2) is 43.8 Å². The SMILES string of the molecule is C=CCN(C(=O)[C@H](Cc1cc(F)cc(F)c1)NS(=O)(=O)CS(=O)(=O)N[C@H](Cc1cc(F)cc(F)c1)C(=O)N(CC=C)c1ccc(OC)cc1)c1ccc(OC)cc1. The van der Waals surface area contributed by atoms with Crippen molar-refractivity contribution in [1.29, 1.82) is 0 Å². The third-order valence-corrected chi connectivity index (χ3v) is 12.0. The fourth-order valence-corrected chi connectivity index (χ4v) is 9.21. The lowest BCUT2D eigenvalue weighted by molar-refractivity contribution is -0.120. The number of benzene rings is 4. The van der Waals surface area contributed by atoms with Gasteiger partial charge in [0.05, 0.1) is 14.2 Å². The van der Waals surface area contributed by atoms with Gasteiger partial charge < -0.3 is 19.3 Å². The van der Waals surface area contributed by atoms with E-state index in [-0.39, 0.29) is 35.6 Å². The highest BCUT2D eigenvalue weighted by atomic mass is 32.3. The largest absolute Gasteiger partial charge is 0.497 e. The smallest absolute Gasteiger partial charge is 0.245 e. The molecule has 0 unspecified atom stereocenters. The predicted molar refractivity (Wildman–Crippen MR) is 208 cm³/mol. The normalized spacial score (nSPS) is 12.6. The van der Waals surface area contributed by atoms with Gasteiger partial charge >= 0.3 is 0 Å². The standard InChI is InChI=1S/C39H40F4N4O8S2/c1-5-15-46(32-7-11-34(54-3)12-8-32)38(48)36(21-26-17-28(40)23-29(41)18-26)44-56(50,51)25-57(52,53)45-37(22-27-19-30(42)24-31(43)20-27)39(49)47(16-6-2)33-9-13-35(55-4)14-10-33/h5-14,17-20,23-24,36-37,44-45H,1-2,15-16,21-22,25H2,3-4H3/t36-,37+. The van der Waals surface area contributed by atoms with Crippen molar-refractivity contribution in [3.05, 3.63) is 145 Å². The van der Waals surface area contributed by atoms with Gasteiger partial charge in [0, 0.05) is 36.6 Å². The summed E-state index contributed by atoms with van der Waals surface area (Å²) in [6.07, 6.45) is 1.42. The molecular weight excluding hydrogens is 793 g/mol. The minimum absolute atomic E-state index is 0.142. The number of anilines is 2. The Balaban J connectivity index is 1.69. The first kappa shape index (κ1) is 44.2. The van der Waals surface area contributed by atoms with E-state index in [0.717, 1.165) is 34.1 Å². The Kier molecular flexibility index (Phi) is 15.1. The fourth-order valence-electron chi connectivity index (χ4n) is 5.80. The van der Waals surface area contributed by atoms with Crippen LogP contribution < -0.4 is 28.7 Å². The molecule has 18 heteroatoms. The molecule has 0 bridgehead atoms. The molecule has 0 saturated carbocycles. The van der Waals surface area contributed by atoms with Gasteiger partial charge in [0.1, 0.15) is 46.9 Å². The van der Waals surface area contributed by atoms with Crippen molar-refractivity contribution in [2.75, 3.05) is 42.2 Å². The van der Waals surface area contributed by atoms with Gasteiger partial charge in [-0.05, 0) is 96.8 Å². The number of hydrogen-bond acceptors (Lipinski definition) is 8. The van der Waals surface area contributed by atoms with Crippen molar-refractivity contribution < 1.29 is 53.5 Å². The van der Waals surface area contributed by atoms with Crippen LogP contribution in [0.15, 0.2) is 110 Å². The van der Waals surface area contributed by atoms with Crippen LogP contribution in [-0.2, 0) is 42.5 Å². The molecule has 0 aliphatic rings. The molecule has 2 N–H and O–H groups in total. The molecule has 0 heterocycles. The number of halogens is 4. The topological polar surface area (TPSA) is 151 Å². The molecule has 0 saturated heterocycles. The summed E-state index contributed by atoms with van der Waals surface area (Å²) in [4.78, 5) is 30.4. The highest BCUT2D eigenvalue weighted by Gasteiger charge is 2.35. The van der Waals surface area contributed by atoms with Gasteiger partial charge in [0.2, 0.25) is 31.9 Å². The Bertz CT molecular complexity index is 2090. The van der Waals surface area contributed by atoms with Crippen LogP contribution in [0, 0.1) is 23.3 Å². The highest BCUT2D eigenvalue weighted by molar-refractivity contribution is 8.06. The molecule has 2 amide bonds. The second-order valence-corrected chi connectivity index (χ2v) is 16.4. The van der Waals surface area contributed by atoms with E-state index in [4.69, 9.17) is 9.47 Å². The van der Waals surface area contributed by atoms with E-state index < -0.39 is 85.1 Å². The molecule has 12 nitrogen and oxygen atoms in total. The molecule has 0 fully saturated rings. The van der Waals surface area contributed by atoms with E-state index in [1.807, 2.05) is 0 Å². The Morgan fingerprint density at radius 1 is 0.614 bits per heavy atom. The van der Waals surface area contributed by atoms with Crippen molar-refractivity contribution in [3.63, 3.8) is 0 Å². The third-order valence-electron chi connectivity index (χ3n) is 8.20. The Hall–Kier alpha value is -5.56. The number of hydrogen-bond donors (Lipinski definition) is 2. The maximum Gasteiger partial charge on any atom is 0.245 e. The van der Waals surface area contributed by atoms with Crippen LogP contribution in [0.4, 0.5) is 28.9 Å². The van der Waals surface area contributed by atoms with Crippen LogP contribution in [0.3, 0.4) is 0 Å². The third kappa shape index (κ3) is 12.7. The summed E-state index contributed by atoms with van der Waals surface area (Å²) < 4.78 is 126. The van der Waals surface area contributed by atoms with Gasteiger partial charge in [0.25, 0.3) is 0 Å². The summed E-state index contributed by atoms with van der Waals surface area (Å²) in [5.74, 6) is -5.08. The summed E-state index contributed by atoms with van der Waals surface area (Å²) >= 11 is 0. The molecule has 4 aromatic carbocycles. The van der Waals surface area contributed by atoms with Gasteiger partial charge in [0.15, 0.2) is 5.08 Å². The summed E-state index contributed by atoms with van der Waals surface area (Å²) in [7, 11) is -7.30. The fraction of sp³-hybridized carbons (Fsp3) is 0.231. The van der Waals surface area contributed by atoms with E-state index >= 15 is 0 Å². The van der Waals surface area contributed by atoms with Crippen LogP contribution >= 0.6 is 0 Å². The lowest BCUT2D eigenvalue weighted by atomic mass is 10.0.